The highest BCUT2D eigenvalue weighted by Crippen LogP contribution is 2.26. The van der Waals surface area contributed by atoms with Crippen LogP contribution in [-0.2, 0) is 19.7 Å². The smallest absolute Gasteiger partial charge is 0.255 e. The van der Waals surface area contributed by atoms with Crippen LogP contribution in [0.3, 0.4) is 0 Å². The number of carbonyl (C=O) groups is 1. The number of anilines is 1. The number of amides is 1. The minimum absolute atomic E-state index is 0.00403. The lowest BCUT2D eigenvalue weighted by Gasteiger charge is -2.11. The molecular weight excluding hydrogens is 400 g/mol. The normalized spacial score (nSPS) is 19.0. The summed E-state index contributed by atoms with van der Waals surface area (Å²) in [4.78, 5) is 12.0. The number of carbonyl (C=O) groups excluding carboxylic acids is 1. The molecule has 1 heterocycles. The van der Waals surface area contributed by atoms with Crippen LogP contribution >= 0.6 is 0 Å². The summed E-state index contributed by atoms with van der Waals surface area (Å²) in [5.74, 6) is -3.29. The number of sulfone groups is 2. The molecule has 1 aliphatic heterocycles. The van der Waals surface area contributed by atoms with Gasteiger partial charge in [-0.25, -0.2) is 25.6 Å². The lowest BCUT2D eigenvalue weighted by atomic mass is 10.2. The van der Waals surface area contributed by atoms with Gasteiger partial charge >= 0.3 is 0 Å². The fourth-order valence-electron chi connectivity index (χ4n) is 2.80. The van der Waals surface area contributed by atoms with Crippen LogP contribution in [0.25, 0.3) is 0 Å². The number of rotatable bonds is 4. The second-order valence-electron chi connectivity index (χ2n) is 6.15. The zero-order chi connectivity index (χ0) is 19.8. The van der Waals surface area contributed by atoms with E-state index in [1.165, 1.54) is 24.3 Å². The van der Waals surface area contributed by atoms with Crippen molar-refractivity contribution in [2.24, 2.45) is 0 Å². The van der Waals surface area contributed by atoms with Gasteiger partial charge in [-0.2, -0.15) is 0 Å². The maximum atomic E-state index is 13.6. The SMILES string of the molecule is O=C(Nc1c(F)cccc1F)c1ccc(S(=O)(=O)C2CCS(=O)(=O)C2)cc1. The lowest BCUT2D eigenvalue weighted by Crippen LogP contribution is -2.23. The van der Waals surface area contributed by atoms with E-state index < -0.39 is 53.9 Å². The second-order valence-corrected chi connectivity index (χ2v) is 10.6. The zero-order valence-electron chi connectivity index (χ0n) is 13.9. The summed E-state index contributed by atoms with van der Waals surface area (Å²) < 4.78 is 75.3. The molecule has 0 bridgehead atoms. The highest BCUT2D eigenvalue weighted by atomic mass is 32.2. The molecule has 1 N–H and O–H groups in total. The molecule has 10 heteroatoms. The van der Waals surface area contributed by atoms with Crippen LogP contribution in [0.4, 0.5) is 14.5 Å². The molecule has 27 heavy (non-hydrogen) atoms. The van der Waals surface area contributed by atoms with Crippen molar-refractivity contribution in [2.45, 2.75) is 16.6 Å². The highest BCUT2D eigenvalue weighted by Gasteiger charge is 2.38. The molecule has 6 nitrogen and oxygen atoms in total. The van der Waals surface area contributed by atoms with E-state index in [9.17, 15) is 30.4 Å². The third kappa shape index (κ3) is 4.01. The summed E-state index contributed by atoms with van der Waals surface area (Å²) in [6.07, 6.45) is 0.0272. The molecule has 1 atom stereocenters. The van der Waals surface area contributed by atoms with E-state index in [1.807, 2.05) is 0 Å². The van der Waals surface area contributed by atoms with Crippen LogP contribution in [0.15, 0.2) is 47.4 Å². The molecule has 1 amide bonds. The van der Waals surface area contributed by atoms with Crippen molar-refractivity contribution < 1.29 is 30.4 Å². The van der Waals surface area contributed by atoms with Gasteiger partial charge in [-0.1, -0.05) is 6.07 Å². The first-order chi connectivity index (χ1) is 12.6. The van der Waals surface area contributed by atoms with Crippen molar-refractivity contribution in [1.29, 1.82) is 0 Å². The summed E-state index contributed by atoms with van der Waals surface area (Å²) in [7, 11) is -7.22. The molecule has 0 spiro atoms. The average Bonchev–Trinajstić information content (AvgIpc) is 2.99. The third-order valence-corrected chi connectivity index (χ3v) is 8.46. The number of benzene rings is 2. The highest BCUT2D eigenvalue weighted by molar-refractivity contribution is 7.96. The molecule has 1 saturated heterocycles. The molecule has 3 rings (SSSR count). The minimum atomic E-state index is -3.86. The molecule has 0 saturated carbocycles. The first-order valence-corrected chi connectivity index (χ1v) is 11.3. The molecule has 1 aliphatic rings. The summed E-state index contributed by atoms with van der Waals surface area (Å²) in [6.45, 7) is 0. The number of nitrogens with one attached hydrogen (secondary N) is 1. The summed E-state index contributed by atoms with van der Waals surface area (Å²) >= 11 is 0. The minimum Gasteiger partial charge on any atom is -0.317 e. The van der Waals surface area contributed by atoms with Gasteiger partial charge in [-0.05, 0) is 42.8 Å². The Bertz CT molecular complexity index is 1080. The van der Waals surface area contributed by atoms with Crippen LogP contribution in [-0.4, -0.2) is 39.5 Å². The van der Waals surface area contributed by atoms with Gasteiger partial charge in [0, 0.05) is 5.56 Å². The van der Waals surface area contributed by atoms with Crippen molar-refractivity contribution >= 4 is 31.3 Å². The fraction of sp³-hybridized carbons (Fsp3) is 0.235. The first kappa shape index (κ1) is 19.4. The summed E-state index contributed by atoms with van der Waals surface area (Å²) in [6, 6.07) is 7.88. The fourth-order valence-corrected chi connectivity index (χ4v) is 7.16. The lowest BCUT2D eigenvalue weighted by molar-refractivity contribution is 0.102. The number of hydrogen-bond acceptors (Lipinski definition) is 5. The van der Waals surface area contributed by atoms with Gasteiger partial charge in [0.2, 0.25) is 0 Å². The van der Waals surface area contributed by atoms with Gasteiger partial charge in [0.1, 0.15) is 17.3 Å². The molecule has 1 unspecified atom stereocenters. The van der Waals surface area contributed by atoms with Crippen molar-refractivity contribution in [1.82, 2.24) is 0 Å². The Morgan fingerprint density at radius 2 is 1.63 bits per heavy atom. The Morgan fingerprint density at radius 3 is 2.15 bits per heavy atom. The molecule has 2 aromatic rings. The van der Waals surface area contributed by atoms with Crippen LogP contribution < -0.4 is 5.32 Å². The van der Waals surface area contributed by atoms with E-state index in [0.717, 1.165) is 18.2 Å². The second kappa shape index (κ2) is 7.01. The number of hydrogen-bond donors (Lipinski definition) is 1. The Balaban J connectivity index is 1.80. The zero-order valence-corrected chi connectivity index (χ0v) is 15.5. The van der Waals surface area contributed by atoms with Crippen molar-refractivity contribution in [3.05, 3.63) is 59.7 Å². The quantitative estimate of drug-likeness (QED) is 0.826. The molecular formula is C17H15F2NO5S2. The molecule has 0 aliphatic carbocycles. The topological polar surface area (TPSA) is 97.4 Å². The van der Waals surface area contributed by atoms with Gasteiger partial charge in [-0.15, -0.1) is 0 Å². The van der Waals surface area contributed by atoms with E-state index >= 15 is 0 Å². The van der Waals surface area contributed by atoms with Crippen LogP contribution in [0.2, 0.25) is 0 Å². The van der Waals surface area contributed by atoms with E-state index in [0.29, 0.717) is 0 Å². The van der Waals surface area contributed by atoms with Gasteiger partial charge in [-0.3, -0.25) is 4.79 Å². The van der Waals surface area contributed by atoms with Gasteiger partial charge in [0.05, 0.1) is 21.7 Å². The van der Waals surface area contributed by atoms with Gasteiger partial charge < -0.3 is 5.32 Å². The molecule has 2 aromatic carbocycles. The van der Waals surface area contributed by atoms with Gasteiger partial charge in [0.25, 0.3) is 5.91 Å². The molecule has 1 fully saturated rings. The predicted molar refractivity (Wildman–Crippen MR) is 95.0 cm³/mol. The van der Waals surface area contributed by atoms with E-state index in [1.54, 1.807) is 0 Å². The Labute approximate surface area is 155 Å². The van der Waals surface area contributed by atoms with Crippen molar-refractivity contribution in [3.63, 3.8) is 0 Å². The monoisotopic (exact) mass is 415 g/mol. The average molecular weight is 415 g/mol. The Hall–Kier alpha value is -2.33. The van der Waals surface area contributed by atoms with Crippen LogP contribution in [0.5, 0.6) is 0 Å². The van der Waals surface area contributed by atoms with E-state index in [-0.39, 0.29) is 22.6 Å². The molecule has 0 aromatic heterocycles. The number of halogens is 2. The summed E-state index contributed by atoms with van der Waals surface area (Å²) in [5, 5.41) is 1.08. The molecule has 144 valence electrons. The standard InChI is InChI=1S/C17H15F2NO5S2/c18-14-2-1-3-15(19)16(14)20-17(21)11-4-6-12(7-5-11)27(24,25)13-8-9-26(22,23)10-13/h1-7,13H,8-10H2,(H,20,21). The predicted octanol–water partition coefficient (Wildman–Crippen LogP) is 2.18. The Morgan fingerprint density at radius 1 is 1.04 bits per heavy atom. The molecule has 0 radical (unpaired) electrons. The maximum absolute atomic E-state index is 13.6. The van der Waals surface area contributed by atoms with E-state index in [4.69, 9.17) is 0 Å². The van der Waals surface area contributed by atoms with Crippen LogP contribution in [0.1, 0.15) is 16.8 Å². The summed E-state index contributed by atoms with van der Waals surface area (Å²) in [5.41, 5.74) is -0.606. The van der Waals surface area contributed by atoms with Crippen molar-refractivity contribution in [3.8, 4) is 0 Å². The maximum Gasteiger partial charge on any atom is 0.255 e. The first-order valence-electron chi connectivity index (χ1n) is 7.90. The number of para-hydroxylation sites is 1. The van der Waals surface area contributed by atoms with Crippen molar-refractivity contribution in [2.75, 3.05) is 16.8 Å². The Kier molecular flexibility index (Phi) is 5.04. The van der Waals surface area contributed by atoms with E-state index in [2.05, 4.69) is 5.32 Å². The van der Waals surface area contributed by atoms with Crippen LogP contribution in [0, 0.1) is 11.6 Å². The third-order valence-electron chi connectivity index (χ3n) is 4.28. The largest absolute Gasteiger partial charge is 0.317 e. The van der Waals surface area contributed by atoms with Gasteiger partial charge in [0.15, 0.2) is 19.7 Å².